The van der Waals surface area contributed by atoms with Crippen molar-refractivity contribution >= 4 is 0 Å². The van der Waals surface area contributed by atoms with Gasteiger partial charge in [0.25, 0.3) is 0 Å². The molecule has 0 radical (unpaired) electrons. The summed E-state index contributed by atoms with van der Waals surface area (Å²) in [7, 11) is 2.25. The van der Waals surface area contributed by atoms with E-state index in [4.69, 9.17) is 0 Å². The Balaban J connectivity index is 2.22. The molecule has 0 spiro atoms. The van der Waals surface area contributed by atoms with Crippen LogP contribution in [0, 0.1) is 5.92 Å². The molecule has 0 unspecified atom stereocenters. The number of piperidine rings is 1. The van der Waals surface area contributed by atoms with E-state index < -0.39 is 0 Å². The Labute approximate surface area is 110 Å². The van der Waals surface area contributed by atoms with Crippen LogP contribution in [-0.2, 0) is 11.8 Å². The number of benzene rings is 1. The van der Waals surface area contributed by atoms with Gasteiger partial charge in [0, 0.05) is 5.54 Å². The molecular weight excluding hydrogens is 222 g/mol. The van der Waals surface area contributed by atoms with Crippen LogP contribution in [0.15, 0.2) is 18.2 Å². The number of hydrogen-bond acceptors (Lipinski definition) is 2. The average molecular weight is 245 g/mol. The highest BCUT2D eigenvalue weighted by Gasteiger charge is 2.53. The summed E-state index contributed by atoms with van der Waals surface area (Å²) in [5.74, 6) is 1.02. The molecule has 1 aromatic carbocycles. The Morgan fingerprint density at radius 2 is 2.06 bits per heavy atom. The van der Waals surface area contributed by atoms with E-state index in [9.17, 15) is 5.11 Å². The normalized spacial score (nSPS) is 39.4. The highest BCUT2D eigenvalue weighted by molar-refractivity contribution is 5.45. The molecule has 0 amide bonds. The summed E-state index contributed by atoms with van der Waals surface area (Å²) in [6.07, 6.45) is 2.27. The van der Waals surface area contributed by atoms with Crippen LogP contribution >= 0.6 is 0 Å². The van der Waals surface area contributed by atoms with Crippen molar-refractivity contribution in [2.24, 2.45) is 5.92 Å². The maximum atomic E-state index is 9.79. The molecule has 2 nitrogen and oxygen atoms in total. The highest BCUT2D eigenvalue weighted by Crippen LogP contribution is 2.53. The van der Waals surface area contributed by atoms with Crippen molar-refractivity contribution in [3.63, 3.8) is 0 Å². The van der Waals surface area contributed by atoms with E-state index in [1.54, 1.807) is 0 Å². The Hall–Kier alpha value is -1.02. The first-order chi connectivity index (χ1) is 8.38. The minimum atomic E-state index is 0.202. The lowest BCUT2D eigenvalue weighted by Crippen LogP contribution is -2.64. The number of phenols is 1. The SMILES string of the molecule is C[C@@H]1[C@@]2(C)CCN(C)[C@@]1(C)Cc1ccc(O)cc12. The second-order valence-corrected chi connectivity index (χ2v) is 6.69. The summed E-state index contributed by atoms with van der Waals surface area (Å²) < 4.78 is 0. The summed E-state index contributed by atoms with van der Waals surface area (Å²) in [4.78, 5) is 2.52. The van der Waals surface area contributed by atoms with E-state index in [-0.39, 0.29) is 11.0 Å². The van der Waals surface area contributed by atoms with Gasteiger partial charge in [-0.3, -0.25) is 0 Å². The molecule has 3 rings (SSSR count). The van der Waals surface area contributed by atoms with Gasteiger partial charge in [-0.25, -0.2) is 0 Å². The van der Waals surface area contributed by atoms with E-state index in [1.807, 2.05) is 12.1 Å². The van der Waals surface area contributed by atoms with Crippen molar-refractivity contribution in [2.75, 3.05) is 13.6 Å². The number of phenolic OH excluding ortho intramolecular Hbond substituents is 1. The van der Waals surface area contributed by atoms with E-state index in [2.05, 4.69) is 38.8 Å². The molecule has 2 aliphatic rings. The third-order valence-electron chi connectivity index (χ3n) is 5.98. The summed E-state index contributed by atoms with van der Waals surface area (Å²) in [6, 6.07) is 5.94. The van der Waals surface area contributed by atoms with Crippen molar-refractivity contribution in [1.29, 1.82) is 0 Å². The van der Waals surface area contributed by atoms with Gasteiger partial charge in [0.15, 0.2) is 0 Å². The van der Waals surface area contributed by atoms with Crippen molar-refractivity contribution < 1.29 is 5.11 Å². The van der Waals surface area contributed by atoms with Gasteiger partial charge in [0.2, 0.25) is 0 Å². The second kappa shape index (κ2) is 3.51. The van der Waals surface area contributed by atoms with Gasteiger partial charge < -0.3 is 10.0 Å². The predicted octanol–water partition coefficient (Wildman–Crippen LogP) is 2.94. The topological polar surface area (TPSA) is 23.5 Å². The van der Waals surface area contributed by atoms with Crippen molar-refractivity contribution in [1.82, 2.24) is 4.90 Å². The summed E-state index contributed by atoms with van der Waals surface area (Å²) in [5.41, 5.74) is 3.24. The number of aromatic hydroxyl groups is 1. The van der Waals surface area contributed by atoms with Crippen molar-refractivity contribution in [2.45, 2.75) is 44.6 Å². The van der Waals surface area contributed by atoms with Gasteiger partial charge in [0.05, 0.1) is 0 Å². The zero-order valence-corrected chi connectivity index (χ0v) is 11.8. The van der Waals surface area contributed by atoms with Gasteiger partial charge >= 0.3 is 0 Å². The molecule has 2 bridgehead atoms. The smallest absolute Gasteiger partial charge is 0.115 e. The zero-order chi connectivity index (χ0) is 13.1. The molecule has 98 valence electrons. The third kappa shape index (κ3) is 1.33. The molecule has 3 atom stereocenters. The van der Waals surface area contributed by atoms with Crippen LogP contribution in [0.5, 0.6) is 5.75 Å². The van der Waals surface area contributed by atoms with Crippen LogP contribution in [0.2, 0.25) is 0 Å². The number of nitrogens with zero attached hydrogens (tertiary/aromatic N) is 1. The van der Waals surface area contributed by atoms with E-state index >= 15 is 0 Å². The second-order valence-electron chi connectivity index (χ2n) is 6.69. The summed E-state index contributed by atoms with van der Waals surface area (Å²) in [5, 5.41) is 9.79. The van der Waals surface area contributed by atoms with Crippen molar-refractivity contribution in [3.05, 3.63) is 29.3 Å². The lowest BCUT2D eigenvalue weighted by atomic mass is 9.54. The van der Waals surface area contributed by atoms with Crippen LogP contribution in [-0.4, -0.2) is 29.1 Å². The highest BCUT2D eigenvalue weighted by atomic mass is 16.3. The molecule has 1 fully saturated rings. The third-order valence-corrected chi connectivity index (χ3v) is 5.98. The number of likely N-dealkylation sites (tertiary alicyclic amines) is 1. The Morgan fingerprint density at radius 1 is 1.33 bits per heavy atom. The Kier molecular flexibility index (Phi) is 2.34. The standard InChI is InChI=1S/C16H23NO/c1-11-15(2)7-8-17(4)16(11,3)10-12-5-6-13(18)9-14(12)15/h5-6,9,11,18H,7-8,10H2,1-4H3/t11-,15-,16+/m1/s1. The summed E-state index contributed by atoms with van der Waals surface area (Å²) >= 11 is 0. The lowest BCUT2D eigenvalue weighted by Gasteiger charge is -2.60. The maximum Gasteiger partial charge on any atom is 0.115 e. The van der Waals surface area contributed by atoms with Gasteiger partial charge in [-0.15, -0.1) is 0 Å². The molecule has 1 N–H and O–H groups in total. The molecule has 2 heteroatoms. The number of fused-ring (bicyclic) bond motifs is 4. The molecule has 1 heterocycles. The quantitative estimate of drug-likeness (QED) is 0.759. The molecule has 1 aliphatic heterocycles. The Bertz CT molecular complexity index is 498. The monoisotopic (exact) mass is 245 g/mol. The average Bonchev–Trinajstić information content (AvgIpc) is 2.33. The zero-order valence-electron chi connectivity index (χ0n) is 11.8. The molecular formula is C16H23NO. The van der Waals surface area contributed by atoms with Crippen LogP contribution < -0.4 is 0 Å². The lowest BCUT2D eigenvalue weighted by molar-refractivity contribution is -0.0239. The van der Waals surface area contributed by atoms with E-state index in [0.29, 0.717) is 11.7 Å². The number of likely N-dealkylation sites (N-methyl/N-ethyl adjacent to an activating group) is 1. The van der Waals surface area contributed by atoms with Gasteiger partial charge in [0.1, 0.15) is 5.75 Å². The largest absolute Gasteiger partial charge is 0.508 e. The summed E-state index contributed by atoms with van der Waals surface area (Å²) in [6.45, 7) is 8.29. The molecule has 0 saturated carbocycles. The van der Waals surface area contributed by atoms with Gasteiger partial charge in [-0.05, 0) is 68.0 Å². The maximum absolute atomic E-state index is 9.79. The minimum absolute atomic E-state index is 0.202. The van der Waals surface area contributed by atoms with Crippen LogP contribution in [0.3, 0.4) is 0 Å². The first-order valence-corrected chi connectivity index (χ1v) is 6.91. The Morgan fingerprint density at radius 3 is 2.78 bits per heavy atom. The fourth-order valence-electron chi connectivity index (χ4n) is 4.18. The minimum Gasteiger partial charge on any atom is -0.508 e. The van der Waals surface area contributed by atoms with Crippen LogP contribution in [0.4, 0.5) is 0 Å². The molecule has 1 aromatic rings. The molecule has 18 heavy (non-hydrogen) atoms. The van der Waals surface area contributed by atoms with Gasteiger partial charge in [-0.2, -0.15) is 0 Å². The van der Waals surface area contributed by atoms with Gasteiger partial charge in [-0.1, -0.05) is 19.9 Å². The molecule has 0 aromatic heterocycles. The first-order valence-electron chi connectivity index (χ1n) is 6.91. The number of rotatable bonds is 0. The van der Waals surface area contributed by atoms with E-state index in [1.165, 1.54) is 17.5 Å². The van der Waals surface area contributed by atoms with E-state index in [0.717, 1.165) is 13.0 Å². The van der Waals surface area contributed by atoms with Crippen LogP contribution in [0.25, 0.3) is 0 Å². The number of hydrogen-bond donors (Lipinski definition) is 1. The van der Waals surface area contributed by atoms with Crippen molar-refractivity contribution in [3.8, 4) is 5.75 Å². The molecule has 1 aliphatic carbocycles. The predicted molar refractivity (Wildman–Crippen MR) is 74.0 cm³/mol. The fourth-order valence-corrected chi connectivity index (χ4v) is 4.18. The first kappa shape index (κ1) is 12.0. The molecule has 1 saturated heterocycles. The van der Waals surface area contributed by atoms with Crippen LogP contribution in [0.1, 0.15) is 38.3 Å². The fraction of sp³-hybridized carbons (Fsp3) is 0.625.